The largest absolute Gasteiger partial charge is 0.478 e. The molecule has 2 aromatic rings. The van der Waals surface area contributed by atoms with Crippen molar-refractivity contribution in [2.45, 2.75) is 23.1 Å². The molecule has 124 valence electrons. The van der Waals surface area contributed by atoms with E-state index in [9.17, 15) is 8.42 Å². The quantitative estimate of drug-likeness (QED) is 0.881. The lowest BCUT2D eigenvalue weighted by molar-refractivity contribution is 0.328. The predicted molar refractivity (Wildman–Crippen MR) is 88.3 cm³/mol. The predicted octanol–water partition coefficient (Wildman–Crippen LogP) is 1.81. The normalized spacial score (nSPS) is 17.1. The van der Waals surface area contributed by atoms with Gasteiger partial charge in [0.15, 0.2) is 5.82 Å². The standard InChI is InChI=1S/C14H18N4O3S2/c1-21-14-13(15-6-7-16-14)17-11-4-8-18(9-5-11)23(19,20)12-3-2-10-22-12/h2-3,6-7,10-11H,4-5,8-9H2,1H3,(H,15,17). The number of ether oxygens (including phenoxy) is 1. The molecule has 0 aliphatic carbocycles. The molecule has 1 aliphatic heterocycles. The summed E-state index contributed by atoms with van der Waals surface area (Å²) in [7, 11) is -1.81. The number of rotatable bonds is 5. The second kappa shape index (κ2) is 6.81. The fourth-order valence-corrected chi connectivity index (χ4v) is 5.16. The molecule has 2 aromatic heterocycles. The first-order valence-corrected chi connectivity index (χ1v) is 9.58. The third-order valence-electron chi connectivity index (χ3n) is 3.74. The number of thiophene rings is 1. The van der Waals surface area contributed by atoms with Crippen molar-refractivity contribution in [1.82, 2.24) is 14.3 Å². The average Bonchev–Trinajstić information content (AvgIpc) is 3.11. The summed E-state index contributed by atoms with van der Waals surface area (Å²) < 4.78 is 32.1. The van der Waals surface area contributed by atoms with Gasteiger partial charge in [-0.1, -0.05) is 6.07 Å². The fraction of sp³-hybridized carbons (Fsp3) is 0.429. The summed E-state index contributed by atoms with van der Waals surface area (Å²) >= 11 is 1.25. The van der Waals surface area contributed by atoms with Crippen LogP contribution in [0.15, 0.2) is 34.1 Å². The Morgan fingerprint density at radius 1 is 1.30 bits per heavy atom. The molecule has 0 spiro atoms. The lowest BCUT2D eigenvalue weighted by Crippen LogP contribution is -2.42. The molecule has 9 heteroatoms. The lowest BCUT2D eigenvalue weighted by atomic mass is 10.1. The molecule has 1 aliphatic rings. The number of anilines is 1. The molecular formula is C14H18N4O3S2. The summed E-state index contributed by atoms with van der Waals surface area (Å²) in [6, 6.07) is 3.55. The average molecular weight is 354 g/mol. The molecule has 0 amide bonds. The highest BCUT2D eigenvalue weighted by Crippen LogP contribution is 2.26. The summed E-state index contributed by atoms with van der Waals surface area (Å²) in [5, 5.41) is 5.07. The van der Waals surface area contributed by atoms with Gasteiger partial charge >= 0.3 is 0 Å². The minimum atomic E-state index is -3.36. The molecular weight excluding hydrogens is 336 g/mol. The smallest absolute Gasteiger partial charge is 0.257 e. The van der Waals surface area contributed by atoms with Gasteiger partial charge in [0, 0.05) is 31.5 Å². The second-order valence-corrected chi connectivity index (χ2v) is 8.28. The number of piperidine rings is 1. The summed E-state index contributed by atoms with van der Waals surface area (Å²) in [4.78, 5) is 8.32. The van der Waals surface area contributed by atoms with Crippen molar-refractivity contribution in [2.24, 2.45) is 0 Å². The van der Waals surface area contributed by atoms with Crippen LogP contribution in [-0.4, -0.2) is 48.9 Å². The lowest BCUT2D eigenvalue weighted by Gasteiger charge is -2.31. The molecule has 0 saturated carbocycles. The summed E-state index contributed by atoms with van der Waals surface area (Å²) in [6.45, 7) is 0.973. The molecule has 0 radical (unpaired) electrons. The van der Waals surface area contributed by atoms with E-state index >= 15 is 0 Å². The van der Waals surface area contributed by atoms with Crippen LogP contribution in [0.5, 0.6) is 5.88 Å². The molecule has 7 nitrogen and oxygen atoms in total. The number of aromatic nitrogens is 2. The first kappa shape index (κ1) is 16.2. The van der Waals surface area contributed by atoms with Crippen molar-refractivity contribution in [3.63, 3.8) is 0 Å². The first-order valence-electron chi connectivity index (χ1n) is 7.26. The Bertz CT molecular complexity index is 741. The number of methoxy groups -OCH3 is 1. The molecule has 1 N–H and O–H groups in total. The molecule has 23 heavy (non-hydrogen) atoms. The molecule has 1 fully saturated rings. The van der Waals surface area contributed by atoms with Gasteiger partial charge in [0.2, 0.25) is 0 Å². The van der Waals surface area contributed by atoms with E-state index in [1.54, 1.807) is 41.3 Å². The van der Waals surface area contributed by atoms with Gasteiger partial charge in [0.05, 0.1) is 7.11 Å². The Morgan fingerprint density at radius 3 is 2.70 bits per heavy atom. The second-order valence-electron chi connectivity index (χ2n) is 5.17. The number of nitrogens with zero attached hydrogens (tertiary/aromatic N) is 3. The van der Waals surface area contributed by atoms with Crippen LogP contribution in [0.3, 0.4) is 0 Å². The topological polar surface area (TPSA) is 84.4 Å². The summed E-state index contributed by atoms with van der Waals surface area (Å²) in [5.74, 6) is 1.04. The van der Waals surface area contributed by atoms with E-state index < -0.39 is 10.0 Å². The van der Waals surface area contributed by atoms with Gasteiger partial charge in [-0.25, -0.2) is 18.4 Å². The molecule has 0 bridgehead atoms. The zero-order chi connectivity index (χ0) is 16.3. The van der Waals surface area contributed by atoms with Gasteiger partial charge in [-0.15, -0.1) is 11.3 Å². The van der Waals surface area contributed by atoms with E-state index in [-0.39, 0.29) is 6.04 Å². The Balaban J connectivity index is 1.63. The number of hydrogen-bond donors (Lipinski definition) is 1. The van der Waals surface area contributed by atoms with Crippen molar-refractivity contribution in [3.05, 3.63) is 29.9 Å². The van der Waals surface area contributed by atoms with Crippen LogP contribution >= 0.6 is 11.3 Å². The molecule has 3 rings (SSSR count). The van der Waals surface area contributed by atoms with Gasteiger partial charge in [-0.05, 0) is 24.3 Å². The van der Waals surface area contributed by atoms with Crippen LogP contribution in [-0.2, 0) is 10.0 Å². The van der Waals surface area contributed by atoms with Crippen LogP contribution in [0, 0.1) is 0 Å². The molecule has 0 unspecified atom stereocenters. The third kappa shape index (κ3) is 3.46. The van der Waals surface area contributed by atoms with Gasteiger partial charge < -0.3 is 10.1 Å². The number of nitrogens with one attached hydrogen (secondary N) is 1. The first-order chi connectivity index (χ1) is 11.1. The van der Waals surface area contributed by atoms with Crippen molar-refractivity contribution in [1.29, 1.82) is 0 Å². The van der Waals surface area contributed by atoms with E-state index in [0.717, 1.165) is 0 Å². The maximum absolute atomic E-state index is 12.5. The maximum Gasteiger partial charge on any atom is 0.257 e. The minimum absolute atomic E-state index is 0.149. The SMILES string of the molecule is COc1nccnc1NC1CCN(S(=O)(=O)c2cccs2)CC1. The highest BCUT2D eigenvalue weighted by Gasteiger charge is 2.30. The summed E-state index contributed by atoms with van der Waals surface area (Å²) in [6.07, 6.45) is 4.59. The Hall–Kier alpha value is -1.71. The van der Waals surface area contributed by atoms with E-state index in [0.29, 0.717) is 41.8 Å². The van der Waals surface area contributed by atoms with Crippen LogP contribution < -0.4 is 10.1 Å². The number of hydrogen-bond acceptors (Lipinski definition) is 7. The zero-order valence-electron chi connectivity index (χ0n) is 12.7. The van der Waals surface area contributed by atoms with Crippen molar-refractivity contribution in [3.8, 4) is 5.88 Å². The Kier molecular flexibility index (Phi) is 4.79. The molecule has 3 heterocycles. The van der Waals surface area contributed by atoms with E-state index in [4.69, 9.17) is 4.74 Å². The van der Waals surface area contributed by atoms with Gasteiger partial charge in [-0.2, -0.15) is 4.31 Å². The van der Waals surface area contributed by atoms with Crippen molar-refractivity contribution >= 4 is 27.2 Å². The number of sulfonamides is 1. The fourth-order valence-electron chi connectivity index (χ4n) is 2.54. The Morgan fingerprint density at radius 2 is 2.04 bits per heavy atom. The van der Waals surface area contributed by atoms with E-state index in [2.05, 4.69) is 15.3 Å². The van der Waals surface area contributed by atoms with Gasteiger partial charge in [-0.3, -0.25) is 0 Å². The van der Waals surface area contributed by atoms with Gasteiger partial charge in [0.1, 0.15) is 4.21 Å². The van der Waals surface area contributed by atoms with Crippen LogP contribution in [0.1, 0.15) is 12.8 Å². The Labute approximate surface area is 139 Å². The summed E-state index contributed by atoms with van der Waals surface area (Å²) in [5.41, 5.74) is 0. The monoisotopic (exact) mass is 354 g/mol. The molecule has 0 atom stereocenters. The van der Waals surface area contributed by atoms with Crippen LogP contribution in [0.25, 0.3) is 0 Å². The highest BCUT2D eigenvalue weighted by atomic mass is 32.2. The molecule has 0 aromatic carbocycles. The molecule has 1 saturated heterocycles. The van der Waals surface area contributed by atoms with Crippen molar-refractivity contribution < 1.29 is 13.2 Å². The van der Waals surface area contributed by atoms with Crippen molar-refractivity contribution in [2.75, 3.05) is 25.5 Å². The minimum Gasteiger partial charge on any atom is -0.478 e. The van der Waals surface area contributed by atoms with E-state index in [1.807, 2.05) is 0 Å². The van der Waals surface area contributed by atoms with Gasteiger partial charge in [0.25, 0.3) is 15.9 Å². The van der Waals surface area contributed by atoms with Crippen LogP contribution in [0.2, 0.25) is 0 Å². The van der Waals surface area contributed by atoms with E-state index in [1.165, 1.54) is 11.3 Å². The van der Waals surface area contributed by atoms with Crippen LogP contribution in [0.4, 0.5) is 5.82 Å². The third-order valence-corrected chi connectivity index (χ3v) is 7.01. The zero-order valence-corrected chi connectivity index (χ0v) is 14.3. The highest BCUT2D eigenvalue weighted by molar-refractivity contribution is 7.91. The maximum atomic E-state index is 12.5.